The molecule has 0 amide bonds. The van der Waals surface area contributed by atoms with Gasteiger partial charge in [0.25, 0.3) is 0 Å². The molecule has 0 aliphatic carbocycles. The maximum absolute atomic E-state index is 6.51. The third-order valence-electron chi connectivity index (χ3n) is 5.77. The van der Waals surface area contributed by atoms with E-state index in [1.165, 1.54) is 0 Å². The minimum atomic E-state index is -0.157. The van der Waals surface area contributed by atoms with Crippen molar-refractivity contribution in [2.45, 2.75) is 51.0 Å². The number of fused-ring (bicyclic) bond motifs is 1. The number of rotatable bonds is 5. The number of aromatic nitrogens is 2. The SMILES string of the molecule is CC(C)N1CCOC[C@@]2(CC[C@H](CNCc3c(Cl)cnc4[nH]ccc34)O2)C1. The summed E-state index contributed by atoms with van der Waals surface area (Å²) < 4.78 is 12.4. The quantitative estimate of drug-likeness (QED) is 0.819. The summed E-state index contributed by atoms with van der Waals surface area (Å²) in [7, 11) is 0. The zero-order chi connectivity index (χ0) is 18.9. The highest BCUT2D eigenvalue weighted by atomic mass is 35.5. The molecule has 2 N–H and O–H groups in total. The summed E-state index contributed by atoms with van der Waals surface area (Å²) in [6.07, 6.45) is 5.94. The van der Waals surface area contributed by atoms with Gasteiger partial charge in [-0.25, -0.2) is 4.98 Å². The van der Waals surface area contributed by atoms with Crippen molar-refractivity contribution in [3.63, 3.8) is 0 Å². The highest BCUT2D eigenvalue weighted by Gasteiger charge is 2.43. The highest BCUT2D eigenvalue weighted by Crippen LogP contribution is 2.33. The molecule has 2 aliphatic heterocycles. The lowest BCUT2D eigenvalue weighted by Crippen LogP contribution is -2.47. The summed E-state index contributed by atoms with van der Waals surface area (Å²) in [5.74, 6) is 0. The van der Waals surface area contributed by atoms with E-state index in [4.69, 9.17) is 21.1 Å². The van der Waals surface area contributed by atoms with Gasteiger partial charge in [0.1, 0.15) is 11.2 Å². The van der Waals surface area contributed by atoms with Crippen LogP contribution in [0.25, 0.3) is 11.0 Å². The van der Waals surface area contributed by atoms with Crippen molar-refractivity contribution >= 4 is 22.6 Å². The first-order valence-corrected chi connectivity index (χ1v) is 10.2. The third kappa shape index (κ3) is 4.15. The summed E-state index contributed by atoms with van der Waals surface area (Å²) in [6, 6.07) is 2.54. The minimum absolute atomic E-state index is 0.157. The summed E-state index contributed by atoms with van der Waals surface area (Å²) in [5, 5.41) is 5.30. The second-order valence-corrected chi connectivity index (χ2v) is 8.44. The van der Waals surface area contributed by atoms with E-state index in [0.717, 1.165) is 55.7 Å². The molecule has 2 saturated heterocycles. The van der Waals surface area contributed by atoms with Crippen molar-refractivity contribution < 1.29 is 9.47 Å². The van der Waals surface area contributed by atoms with Gasteiger partial charge in [0, 0.05) is 50.0 Å². The first kappa shape index (κ1) is 19.2. The van der Waals surface area contributed by atoms with Crippen LogP contribution in [0.15, 0.2) is 18.5 Å². The monoisotopic (exact) mass is 392 g/mol. The largest absolute Gasteiger partial charge is 0.377 e. The number of ether oxygens (including phenoxy) is 2. The molecule has 0 unspecified atom stereocenters. The smallest absolute Gasteiger partial charge is 0.137 e. The van der Waals surface area contributed by atoms with Crippen molar-refractivity contribution in [3.05, 3.63) is 29.0 Å². The lowest BCUT2D eigenvalue weighted by Gasteiger charge is -2.34. The number of hydrogen-bond acceptors (Lipinski definition) is 5. The number of nitrogens with one attached hydrogen (secondary N) is 2. The fraction of sp³-hybridized carbons (Fsp3) is 0.650. The molecule has 0 radical (unpaired) electrons. The molecule has 7 heteroatoms. The van der Waals surface area contributed by atoms with Crippen LogP contribution in [0, 0.1) is 0 Å². The average molecular weight is 393 g/mol. The van der Waals surface area contributed by atoms with Crippen molar-refractivity contribution in [3.8, 4) is 0 Å². The number of halogens is 1. The molecular weight excluding hydrogens is 364 g/mol. The van der Waals surface area contributed by atoms with Gasteiger partial charge in [-0.05, 0) is 38.3 Å². The van der Waals surface area contributed by atoms with Gasteiger partial charge in [0.05, 0.1) is 24.3 Å². The molecule has 27 heavy (non-hydrogen) atoms. The maximum atomic E-state index is 6.51. The van der Waals surface area contributed by atoms with Gasteiger partial charge in [-0.3, -0.25) is 4.90 Å². The van der Waals surface area contributed by atoms with Gasteiger partial charge in [-0.1, -0.05) is 11.6 Å². The van der Waals surface area contributed by atoms with Crippen LogP contribution in [0.2, 0.25) is 5.02 Å². The van der Waals surface area contributed by atoms with Gasteiger partial charge in [-0.15, -0.1) is 0 Å². The van der Waals surface area contributed by atoms with Crippen molar-refractivity contribution in [2.75, 3.05) is 32.8 Å². The summed E-state index contributed by atoms with van der Waals surface area (Å²) in [4.78, 5) is 9.93. The second kappa shape index (κ2) is 8.05. The summed E-state index contributed by atoms with van der Waals surface area (Å²) in [6.45, 7) is 9.44. The molecule has 148 valence electrons. The van der Waals surface area contributed by atoms with Crippen LogP contribution < -0.4 is 5.32 Å². The standard InChI is InChI=1S/C20H29ClN4O2/c1-14(2)25-7-8-26-13-20(12-25)5-3-15(27-20)9-22-10-17-16-4-6-23-19(16)24-11-18(17)21/h4,6,11,14-15,22H,3,5,7-10,12-13H2,1-2H3,(H,23,24)/t15-,20-/m1/s1. The predicted octanol–water partition coefficient (Wildman–Crippen LogP) is 2.96. The van der Waals surface area contributed by atoms with Crippen LogP contribution in [0.3, 0.4) is 0 Å². The molecule has 2 aromatic heterocycles. The molecule has 2 aromatic rings. The van der Waals surface area contributed by atoms with Crippen LogP contribution in [0.5, 0.6) is 0 Å². The Morgan fingerprint density at radius 2 is 2.37 bits per heavy atom. The topological polar surface area (TPSA) is 62.4 Å². The Hall–Kier alpha value is -1.18. The predicted molar refractivity (Wildman–Crippen MR) is 107 cm³/mol. The molecule has 0 saturated carbocycles. The number of H-pyrrole nitrogens is 1. The molecular formula is C20H29ClN4O2. The highest BCUT2D eigenvalue weighted by molar-refractivity contribution is 6.32. The van der Waals surface area contributed by atoms with Crippen LogP contribution in [-0.4, -0.2) is 65.5 Å². The third-order valence-corrected chi connectivity index (χ3v) is 6.09. The molecule has 4 rings (SSSR count). The molecule has 0 bridgehead atoms. The Labute approximate surface area is 165 Å². The van der Waals surface area contributed by atoms with Gasteiger partial charge < -0.3 is 19.8 Å². The Bertz CT molecular complexity index is 780. The van der Waals surface area contributed by atoms with Crippen LogP contribution in [-0.2, 0) is 16.0 Å². The van der Waals surface area contributed by atoms with Gasteiger partial charge in [0.2, 0.25) is 0 Å². The van der Waals surface area contributed by atoms with Crippen molar-refractivity contribution in [1.29, 1.82) is 0 Å². The van der Waals surface area contributed by atoms with E-state index in [0.29, 0.717) is 24.2 Å². The molecule has 6 nitrogen and oxygen atoms in total. The Morgan fingerprint density at radius 3 is 3.22 bits per heavy atom. The number of aromatic amines is 1. The van der Waals surface area contributed by atoms with Gasteiger partial charge >= 0.3 is 0 Å². The Balaban J connectivity index is 1.35. The van der Waals surface area contributed by atoms with E-state index >= 15 is 0 Å². The van der Waals surface area contributed by atoms with E-state index in [9.17, 15) is 0 Å². The fourth-order valence-electron chi connectivity index (χ4n) is 4.21. The molecule has 2 aliphatic rings. The average Bonchev–Trinajstić information content (AvgIpc) is 3.21. The zero-order valence-corrected chi connectivity index (χ0v) is 16.9. The lowest BCUT2D eigenvalue weighted by molar-refractivity contribution is -0.0866. The second-order valence-electron chi connectivity index (χ2n) is 8.03. The molecule has 0 aromatic carbocycles. The zero-order valence-electron chi connectivity index (χ0n) is 16.1. The van der Waals surface area contributed by atoms with E-state index < -0.39 is 0 Å². The Morgan fingerprint density at radius 1 is 1.48 bits per heavy atom. The van der Waals surface area contributed by atoms with E-state index in [2.05, 4.69) is 34.0 Å². The molecule has 4 heterocycles. The van der Waals surface area contributed by atoms with Gasteiger partial charge in [-0.2, -0.15) is 0 Å². The normalized spacial score (nSPS) is 27.0. The number of nitrogens with zero attached hydrogens (tertiary/aromatic N) is 2. The Kier molecular flexibility index (Phi) is 5.71. The van der Waals surface area contributed by atoms with E-state index in [-0.39, 0.29) is 11.7 Å². The summed E-state index contributed by atoms with van der Waals surface area (Å²) >= 11 is 6.37. The maximum Gasteiger partial charge on any atom is 0.137 e. The van der Waals surface area contributed by atoms with E-state index in [1.54, 1.807) is 6.20 Å². The first-order chi connectivity index (χ1) is 13.1. The molecule has 1 spiro atoms. The first-order valence-electron chi connectivity index (χ1n) is 9.87. The van der Waals surface area contributed by atoms with E-state index in [1.807, 2.05) is 12.3 Å². The molecule has 2 atom stereocenters. The fourth-order valence-corrected chi connectivity index (χ4v) is 4.43. The van der Waals surface area contributed by atoms with Crippen molar-refractivity contribution in [1.82, 2.24) is 20.2 Å². The van der Waals surface area contributed by atoms with Crippen LogP contribution in [0.4, 0.5) is 0 Å². The van der Waals surface area contributed by atoms with Crippen LogP contribution in [0.1, 0.15) is 32.3 Å². The van der Waals surface area contributed by atoms with Gasteiger partial charge in [0.15, 0.2) is 0 Å². The summed E-state index contributed by atoms with van der Waals surface area (Å²) in [5.41, 5.74) is 1.80. The van der Waals surface area contributed by atoms with Crippen LogP contribution >= 0.6 is 11.6 Å². The lowest BCUT2D eigenvalue weighted by atomic mass is 9.99. The number of hydrogen-bond donors (Lipinski definition) is 2. The number of pyridine rings is 1. The minimum Gasteiger partial charge on any atom is -0.377 e. The van der Waals surface area contributed by atoms with Crippen molar-refractivity contribution in [2.24, 2.45) is 0 Å². The molecule has 2 fully saturated rings.